The fraction of sp³-hybridized carbons (Fsp3) is 0.778. The lowest BCUT2D eigenvalue weighted by molar-refractivity contribution is -0.142. The van der Waals surface area contributed by atoms with Crippen molar-refractivity contribution in [3.05, 3.63) is 0 Å². The number of esters is 1. The van der Waals surface area contributed by atoms with Crippen LogP contribution in [0.4, 0.5) is 4.79 Å². The van der Waals surface area contributed by atoms with Crippen LogP contribution in [0.2, 0.25) is 0 Å². The van der Waals surface area contributed by atoms with E-state index in [0.717, 1.165) is 12.8 Å². The molecule has 0 radical (unpaired) electrons. The van der Waals surface area contributed by atoms with E-state index in [1.807, 2.05) is 0 Å². The number of hydrogen-bond acceptors (Lipinski definition) is 3. The van der Waals surface area contributed by atoms with Crippen LogP contribution >= 0.6 is 0 Å². The van der Waals surface area contributed by atoms with Gasteiger partial charge < -0.3 is 14.7 Å². The van der Waals surface area contributed by atoms with Crippen LogP contribution in [0.15, 0.2) is 0 Å². The molecule has 0 atom stereocenters. The Balaban J connectivity index is 2.29. The van der Waals surface area contributed by atoms with Crippen molar-refractivity contribution in [2.24, 2.45) is 5.92 Å². The summed E-state index contributed by atoms with van der Waals surface area (Å²) in [5.74, 6) is 0.0665. The third kappa shape index (κ3) is 2.90. The molecule has 1 aliphatic rings. The van der Waals surface area contributed by atoms with Crippen LogP contribution in [0.25, 0.3) is 0 Å². The third-order valence-electron chi connectivity index (χ3n) is 2.57. The van der Waals surface area contributed by atoms with Gasteiger partial charge in [0.1, 0.15) is 0 Å². The van der Waals surface area contributed by atoms with Crippen molar-refractivity contribution in [1.29, 1.82) is 0 Å². The molecule has 14 heavy (non-hydrogen) atoms. The van der Waals surface area contributed by atoms with Crippen LogP contribution in [-0.4, -0.2) is 42.3 Å². The van der Waals surface area contributed by atoms with Gasteiger partial charge in [0, 0.05) is 19.5 Å². The maximum atomic E-state index is 10.9. The zero-order valence-corrected chi connectivity index (χ0v) is 8.23. The van der Waals surface area contributed by atoms with Crippen molar-refractivity contribution in [3.63, 3.8) is 0 Å². The highest BCUT2D eigenvalue weighted by atomic mass is 16.5. The molecule has 0 bridgehead atoms. The van der Waals surface area contributed by atoms with E-state index in [1.54, 1.807) is 0 Å². The Labute approximate surface area is 82.6 Å². The largest absolute Gasteiger partial charge is 0.469 e. The first-order valence-corrected chi connectivity index (χ1v) is 4.68. The van der Waals surface area contributed by atoms with Crippen LogP contribution in [-0.2, 0) is 9.53 Å². The average Bonchev–Trinajstić information content (AvgIpc) is 2.18. The van der Waals surface area contributed by atoms with Gasteiger partial charge in [0.05, 0.1) is 7.11 Å². The lowest BCUT2D eigenvalue weighted by Crippen LogP contribution is -2.37. The number of piperidine rings is 1. The molecule has 1 aliphatic heterocycles. The molecule has 1 heterocycles. The molecule has 0 aromatic carbocycles. The SMILES string of the molecule is COC(=O)CC1CCN(C(=O)O)CC1. The molecule has 1 rings (SSSR count). The molecular weight excluding hydrogens is 186 g/mol. The number of rotatable bonds is 2. The smallest absolute Gasteiger partial charge is 0.407 e. The Kier molecular flexibility index (Phi) is 3.73. The molecular formula is C9H15NO4. The van der Waals surface area contributed by atoms with Crippen LogP contribution < -0.4 is 0 Å². The number of hydrogen-bond donors (Lipinski definition) is 1. The second kappa shape index (κ2) is 4.83. The Morgan fingerprint density at radius 1 is 1.43 bits per heavy atom. The fourth-order valence-electron chi connectivity index (χ4n) is 1.65. The number of carbonyl (C=O) groups is 2. The van der Waals surface area contributed by atoms with E-state index in [4.69, 9.17) is 5.11 Å². The normalized spacial score (nSPS) is 17.9. The molecule has 1 N–H and O–H groups in total. The summed E-state index contributed by atoms with van der Waals surface area (Å²) in [7, 11) is 1.37. The molecule has 0 aliphatic carbocycles. The minimum atomic E-state index is -0.874. The summed E-state index contributed by atoms with van der Waals surface area (Å²) in [4.78, 5) is 22.9. The van der Waals surface area contributed by atoms with Gasteiger partial charge in [0.15, 0.2) is 0 Å². The van der Waals surface area contributed by atoms with E-state index < -0.39 is 6.09 Å². The fourth-order valence-corrected chi connectivity index (χ4v) is 1.65. The van der Waals surface area contributed by atoms with Gasteiger partial charge in [0.25, 0.3) is 0 Å². The first kappa shape index (κ1) is 10.8. The molecule has 0 spiro atoms. The molecule has 0 aromatic rings. The third-order valence-corrected chi connectivity index (χ3v) is 2.57. The Morgan fingerprint density at radius 2 is 2.00 bits per heavy atom. The molecule has 0 saturated carbocycles. The van der Waals surface area contributed by atoms with Crippen molar-refractivity contribution >= 4 is 12.1 Å². The van der Waals surface area contributed by atoms with E-state index in [0.29, 0.717) is 19.5 Å². The number of carbonyl (C=O) groups excluding carboxylic acids is 1. The quantitative estimate of drug-likeness (QED) is 0.675. The van der Waals surface area contributed by atoms with Crippen molar-refractivity contribution in [2.75, 3.05) is 20.2 Å². The molecule has 0 unspecified atom stereocenters. The average molecular weight is 201 g/mol. The van der Waals surface area contributed by atoms with Crippen molar-refractivity contribution in [3.8, 4) is 0 Å². The summed E-state index contributed by atoms with van der Waals surface area (Å²) in [6.07, 6.45) is 1.04. The molecule has 1 amide bonds. The standard InChI is InChI=1S/C9H15NO4/c1-14-8(11)6-7-2-4-10(5-3-7)9(12)13/h7H,2-6H2,1H3,(H,12,13). The number of ether oxygens (including phenoxy) is 1. The van der Waals surface area contributed by atoms with Crippen molar-refractivity contribution < 1.29 is 19.4 Å². The summed E-state index contributed by atoms with van der Waals surface area (Å²) in [5, 5.41) is 8.69. The highest BCUT2D eigenvalue weighted by Gasteiger charge is 2.23. The maximum absolute atomic E-state index is 10.9. The minimum absolute atomic E-state index is 0.209. The molecule has 0 aromatic heterocycles. The van der Waals surface area contributed by atoms with Crippen molar-refractivity contribution in [1.82, 2.24) is 4.90 Å². The predicted molar refractivity (Wildman–Crippen MR) is 49.0 cm³/mol. The van der Waals surface area contributed by atoms with Gasteiger partial charge in [-0.05, 0) is 18.8 Å². The Hall–Kier alpha value is -1.26. The van der Waals surface area contributed by atoms with E-state index >= 15 is 0 Å². The number of methoxy groups -OCH3 is 1. The van der Waals surface area contributed by atoms with Gasteiger partial charge in [0.2, 0.25) is 0 Å². The second-order valence-corrected chi connectivity index (χ2v) is 3.49. The zero-order valence-electron chi connectivity index (χ0n) is 8.23. The molecule has 5 heteroatoms. The van der Waals surface area contributed by atoms with Crippen LogP contribution in [0.1, 0.15) is 19.3 Å². The van der Waals surface area contributed by atoms with Crippen LogP contribution in [0, 0.1) is 5.92 Å². The number of likely N-dealkylation sites (tertiary alicyclic amines) is 1. The Bertz CT molecular complexity index is 221. The van der Waals surface area contributed by atoms with Crippen molar-refractivity contribution in [2.45, 2.75) is 19.3 Å². The first-order chi connectivity index (χ1) is 6.63. The highest BCUT2D eigenvalue weighted by molar-refractivity contribution is 5.69. The minimum Gasteiger partial charge on any atom is -0.469 e. The van der Waals surface area contributed by atoms with Crippen LogP contribution in [0.3, 0.4) is 0 Å². The predicted octanol–water partition coefficient (Wildman–Crippen LogP) is 0.939. The highest BCUT2D eigenvalue weighted by Crippen LogP contribution is 2.20. The summed E-state index contributed by atoms with van der Waals surface area (Å²) in [5.41, 5.74) is 0. The summed E-state index contributed by atoms with van der Waals surface area (Å²) in [6.45, 7) is 1.05. The second-order valence-electron chi connectivity index (χ2n) is 3.49. The summed E-state index contributed by atoms with van der Waals surface area (Å²) >= 11 is 0. The van der Waals surface area contributed by atoms with E-state index in [-0.39, 0.29) is 11.9 Å². The molecule has 5 nitrogen and oxygen atoms in total. The van der Waals surface area contributed by atoms with Gasteiger partial charge in [-0.25, -0.2) is 4.79 Å². The topological polar surface area (TPSA) is 66.8 Å². The van der Waals surface area contributed by atoms with E-state index in [1.165, 1.54) is 12.0 Å². The van der Waals surface area contributed by atoms with Gasteiger partial charge >= 0.3 is 12.1 Å². The molecule has 80 valence electrons. The summed E-state index contributed by atoms with van der Waals surface area (Å²) < 4.78 is 4.56. The van der Waals surface area contributed by atoms with E-state index in [9.17, 15) is 9.59 Å². The first-order valence-electron chi connectivity index (χ1n) is 4.68. The Morgan fingerprint density at radius 3 is 2.43 bits per heavy atom. The molecule has 1 fully saturated rings. The maximum Gasteiger partial charge on any atom is 0.407 e. The summed E-state index contributed by atoms with van der Waals surface area (Å²) in [6, 6.07) is 0. The number of carboxylic acid groups (broad SMARTS) is 1. The zero-order chi connectivity index (χ0) is 10.6. The van der Waals surface area contributed by atoms with Gasteiger partial charge in [-0.15, -0.1) is 0 Å². The number of nitrogens with zero attached hydrogens (tertiary/aromatic N) is 1. The molecule has 1 saturated heterocycles. The van der Waals surface area contributed by atoms with Gasteiger partial charge in [-0.1, -0.05) is 0 Å². The number of amides is 1. The van der Waals surface area contributed by atoms with Gasteiger partial charge in [-0.2, -0.15) is 0 Å². The van der Waals surface area contributed by atoms with Crippen LogP contribution in [0.5, 0.6) is 0 Å². The lowest BCUT2D eigenvalue weighted by atomic mass is 9.94. The van der Waals surface area contributed by atoms with E-state index in [2.05, 4.69) is 4.74 Å². The lowest BCUT2D eigenvalue weighted by Gasteiger charge is -2.29. The monoisotopic (exact) mass is 201 g/mol. The van der Waals surface area contributed by atoms with Gasteiger partial charge in [-0.3, -0.25) is 4.79 Å².